The Morgan fingerprint density at radius 3 is 3.17 bits per heavy atom. The molecule has 18 heavy (non-hydrogen) atoms. The Kier molecular flexibility index (Phi) is 2.18. The Morgan fingerprint density at radius 2 is 2.22 bits per heavy atom. The molecule has 2 unspecified atom stereocenters. The summed E-state index contributed by atoms with van der Waals surface area (Å²) in [6.45, 7) is 3.55. The van der Waals surface area contributed by atoms with Gasteiger partial charge in [-0.05, 0) is 43.5 Å². The van der Waals surface area contributed by atoms with Gasteiger partial charge in [-0.15, -0.1) is 0 Å². The van der Waals surface area contributed by atoms with Gasteiger partial charge in [-0.25, -0.2) is 0 Å². The van der Waals surface area contributed by atoms with Crippen LogP contribution in [0.25, 0.3) is 10.9 Å². The van der Waals surface area contributed by atoms with E-state index in [1.165, 1.54) is 37.2 Å². The van der Waals surface area contributed by atoms with E-state index in [0.29, 0.717) is 11.7 Å². The van der Waals surface area contributed by atoms with Crippen LogP contribution in [0.3, 0.4) is 0 Å². The third-order valence-corrected chi connectivity index (χ3v) is 4.53. The van der Waals surface area contributed by atoms with E-state index in [1.807, 2.05) is 6.07 Å². The van der Waals surface area contributed by atoms with Gasteiger partial charge in [0, 0.05) is 35.6 Å². The second kappa shape index (κ2) is 3.75. The Hall–Kier alpha value is -1.48. The largest absolute Gasteiger partial charge is 0.507 e. The molecule has 1 aromatic heterocycles. The molecule has 0 spiro atoms. The molecule has 2 aromatic rings. The molecule has 2 aliphatic heterocycles. The van der Waals surface area contributed by atoms with Crippen LogP contribution in [0, 0.1) is 0 Å². The number of nitrogens with zero attached hydrogens (tertiary/aromatic N) is 1. The van der Waals surface area contributed by atoms with Crippen LogP contribution in [-0.4, -0.2) is 34.6 Å². The Bertz CT molecular complexity index is 602. The summed E-state index contributed by atoms with van der Waals surface area (Å²) in [7, 11) is 0. The van der Waals surface area contributed by atoms with Gasteiger partial charge in [0.15, 0.2) is 0 Å². The van der Waals surface area contributed by atoms with Crippen molar-refractivity contribution in [3.63, 3.8) is 0 Å². The van der Waals surface area contributed by atoms with E-state index in [4.69, 9.17) is 0 Å². The second-order valence-electron chi connectivity index (χ2n) is 5.61. The fourth-order valence-electron chi connectivity index (χ4n) is 3.69. The van der Waals surface area contributed by atoms with Gasteiger partial charge in [0.1, 0.15) is 5.75 Å². The van der Waals surface area contributed by atoms with Crippen molar-refractivity contribution in [2.75, 3.05) is 19.6 Å². The number of piperidine rings is 1. The monoisotopic (exact) mass is 242 g/mol. The number of aromatic nitrogens is 1. The maximum Gasteiger partial charge on any atom is 0.125 e. The molecule has 2 N–H and O–H groups in total. The SMILES string of the molecule is Oc1cccc2[nH]c3c(c12)CCN1CCCC3C1. The first-order valence-electron chi connectivity index (χ1n) is 6.88. The van der Waals surface area contributed by atoms with Gasteiger partial charge in [0.2, 0.25) is 0 Å². The van der Waals surface area contributed by atoms with Crippen LogP contribution in [0.15, 0.2) is 18.2 Å². The average molecular weight is 242 g/mol. The minimum absolute atomic E-state index is 0.427. The highest BCUT2D eigenvalue weighted by atomic mass is 16.3. The van der Waals surface area contributed by atoms with Crippen LogP contribution in [-0.2, 0) is 6.42 Å². The Balaban J connectivity index is 1.95. The maximum absolute atomic E-state index is 10.1. The molecular formula is C15H18N2O. The van der Waals surface area contributed by atoms with Gasteiger partial charge >= 0.3 is 0 Å². The average Bonchev–Trinajstić information content (AvgIpc) is 2.72. The molecule has 3 heterocycles. The number of hydrogen-bond acceptors (Lipinski definition) is 2. The Morgan fingerprint density at radius 1 is 1.28 bits per heavy atom. The first-order chi connectivity index (χ1) is 8.83. The lowest BCUT2D eigenvalue weighted by Gasteiger charge is -2.29. The number of hydrogen-bond donors (Lipinski definition) is 2. The molecule has 2 aliphatic rings. The van der Waals surface area contributed by atoms with Crippen molar-refractivity contribution < 1.29 is 5.11 Å². The van der Waals surface area contributed by atoms with E-state index in [-0.39, 0.29) is 0 Å². The summed E-state index contributed by atoms with van der Waals surface area (Å²) in [6, 6.07) is 5.79. The minimum atomic E-state index is 0.427. The number of aromatic amines is 1. The van der Waals surface area contributed by atoms with Crippen molar-refractivity contribution in [1.29, 1.82) is 0 Å². The molecule has 3 nitrogen and oxygen atoms in total. The molecule has 4 rings (SSSR count). The highest BCUT2D eigenvalue weighted by Crippen LogP contribution is 2.38. The molecule has 2 atom stereocenters. The summed E-state index contributed by atoms with van der Waals surface area (Å²) in [5.41, 5.74) is 3.84. The summed E-state index contributed by atoms with van der Waals surface area (Å²) >= 11 is 0. The lowest BCUT2D eigenvalue weighted by atomic mass is 9.93. The molecule has 94 valence electrons. The fraction of sp³-hybridized carbons (Fsp3) is 0.467. The Labute approximate surface area is 106 Å². The number of phenols is 1. The predicted molar refractivity (Wildman–Crippen MR) is 72.1 cm³/mol. The van der Waals surface area contributed by atoms with Crippen molar-refractivity contribution in [1.82, 2.24) is 9.88 Å². The molecule has 3 heteroatoms. The van der Waals surface area contributed by atoms with Crippen LogP contribution in [0.4, 0.5) is 0 Å². The van der Waals surface area contributed by atoms with Gasteiger partial charge in [-0.2, -0.15) is 0 Å². The number of nitrogens with one attached hydrogen (secondary N) is 1. The summed E-state index contributed by atoms with van der Waals surface area (Å²) in [4.78, 5) is 6.13. The van der Waals surface area contributed by atoms with Crippen LogP contribution in [0.1, 0.15) is 30.0 Å². The number of H-pyrrole nitrogens is 1. The molecule has 0 saturated carbocycles. The molecule has 0 aliphatic carbocycles. The van der Waals surface area contributed by atoms with Crippen molar-refractivity contribution in [2.45, 2.75) is 25.2 Å². The van der Waals surface area contributed by atoms with Crippen molar-refractivity contribution in [2.24, 2.45) is 0 Å². The van der Waals surface area contributed by atoms with Gasteiger partial charge < -0.3 is 15.0 Å². The van der Waals surface area contributed by atoms with E-state index in [1.54, 1.807) is 6.07 Å². The molecular weight excluding hydrogens is 224 g/mol. The number of fused-ring (bicyclic) bond motifs is 6. The van der Waals surface area contributed by atoms with Gasteiger partial charge in [-0.1, -0.05) is 6.07 Å². The summed E-state index contributed by atoms with van der Waals surface area (Å²) in [6.07, 6.45) is 3.63. The number of benzene rings is 1. The standard InChI is InChI=1S/C15H18N2O/c18-13-5-1-4-12-14(13)11-6-8-17-7-2-3-10(9-17)15(11)16-12/h1,4-5,10,16,18H,2-3,6-9H2. The van der Waals surface area contributed by atoms with E-state index >= 15 is 0 Å². The smallest absolute Gasteiger partial charge is 0.125 e. The number of rotatable bonds is 0. The molecule has 0 radical (unpaired) electrons. The molecule has 1 saturated heterocycles. The van der Waals surface area contributed by atoms with Crippen molar-refractivity contribution >= 4 is 10.9 Å². The number of phenolic OH excluding ortho intramolecular Hbond substituents is 1. The topological polar surface area (TPSA) is 39.3 Å². The van der Waals surface area contributed by atoms with Crippen LogP contribution in [0.2, 0.25) is 0 Å². The maximum atomic E-state index is 10.1. The van der Waals surface area contributed by atoms with Crippen LogP contribution < -0.4 is 0 Å². The number of aromatic hydroxyl groups is 1. The van der Waals surface area contributed by atoms with Gasteiger partial charge in [0.25, 0.3) is 0 Å². The van der Waals surface area contributed by atoms with E-state index in [0.717, 1.165) is 23.9 Å². The van der Waals surface area contributed by atoms with E-state index < -0.39 is 0 Å². The third-order valence-electron chi connectivity index (χ3n) is 4.53. The molecule has 2 bridgehead atoms. The summed E-state index contributed by atoms with van der Waals surface area (Å²) < 4.78 is 0. The molecule has 0 amide bonds. The zero-order valence-corrected chi connectivity index (χ0v) is 10.4. The quantitative estimate of drug-likeness (QED) is 0.745. The second-order valence-corrected chi connectivity index (χ2v) is 5.61. The van der Waals surface area contributed by atoms with E-state index in [2.05, 4.69) is 16.0 Å². The first-order valence-corrected chi connectivity index (χ1v) is 6.88. The fourth-order valence-corrected chi connectivity index (χ4v) is 3.69. The predicted octanol–water partition coefficient (Wildman–Crippen LogP) is 2.61. The van der Waals surface area contributed by atoms with Crippen LogP contribution >= 0.6 is 0 Å². The van der Waals surface area contributed by atoms with Crippen molar-refractivity contribution in [3.8, 4) is 5.75 Å². The normalized spacial score (nSPS) is 26.9. The molecule has 1 aromatic carbocycles. The lowest BCUT2D eigenvalue weighted by Crippen LogP contribution is -2.33. The summed E-state index contributed by atoms with van der Waals surface area (Å²) in [5.74, 6) is 1.06. The van der Waals surface area contributed by atoms with Crippen LogP contribution in [0.5, 0.6) is 5.75 Å². The van der Waals surface area contributed by atoms with Gasteiger partial charge in [-0.3, -0.25) is 0 Å². The van der Waals surface area contributed by atoms with Crippen molar-refractivity contribution in [3.05, 3.63) is 29.5 Å². The highest BCUT2D eigenvalue weighted by molar-refractivity contribution is 5.90. The first kappa shape index (κ1) is 10.4. The zero-order valence-electron chi connectivity index (χ0n) is 10.4. The van der Waals surface area contributed by atoms with E-state index in [9.17, 15) is 5.11 Å². The minimum Gasteiger partial charge on any atom is -0.507 e. The highest BCUT2D eigenvalue weighted by Gasteiger charge is 2.29. The molecule has 1 fully saturated rings. The summed E-state index contributed by atoms with van der Waals surface area (Å²) in [5, 5.41) is 11.2. The third kappa shape index (κ3) is 1.40. The van der Waals surface area contributed by atoms with Gasteiger partial charge in [0.05, 0.1) is 0 Å². The lowest BCUT2D eigenvalue weighted by molar-refractivity contribution is 0.217. The zero-order chi connectivity index (χ0) is 12.1.